The van der Waals surface area contributed by atoms with Crippen molar-refractivity contribution < 1.29 is 10.6 Å². The highest BCUT2D eigenvalue weighted by molar-refractivity contribution is 5.17. The Bertz CT molecular complexity index is 390. The summed E-state index contributed by atoms with van der Waals surface area (Å²) in [7, 11) is 2.35. The second-order valence-corrected chi connectivity index (χ2v) is 6.68. The summed E-state index contributed by atoms with van der Waals surface area (Å²) < 4.78 is 0. The number of piperidine rings is 1. The first kappa shape index (κ1) is 14.5. The molecule has 2 rings (SSSR count). The number of benzene rings is 1. The number of quaternary nitrogens is 2. The Labute approximate surface area is 118 Å². The van der Waals surface area contributed by atoms with Gasteiger partial charge < -0.3 is 10.6 Å². The van der Waals surface area contributed by atoms with Gasteiger partial charge in [-0.25, -0.2) is 0 Å². The van der Waals surface area contributed by atoms with Crippen LogP contribution in [0.25, 0.3) is 0 Å². The summed E-state index contributed by atoms with van der Waals surface area (Å²) in [5, 5.41) is 0. The van der Waals surface area contributed by atoms with E-state index in [0.717, 1.165) is 18.5 Å². The van der Waals surface area contributed by atoms with E-state index in [1.165, 1.54) is 31.4 Å². The summed E-state index contributed by atoms with van der Waals surface area (Å²) in [6.45, 7) is 7.22. The van der Waals surface area contributed by atoms with Crippen LogP contribution in [0.3, 0.4) is 0 Å². The van der Waals surface area contributed by atoms with E-state index in [2.05, 4.69) is 57.0 Å². The van der Waals surface area contributed by atoms with Gasteiger partial charge in [0.1, 0.15) is 0 Å². The standard InChI is InChI=1S/C17H28N2/c1-14-13-19(3)15(2)11-17(14,9-10-18)12-16-7-5-4-6-8-16/h4-8,14-15H,9-13,18H2,1-3H3/p+2/t14-,15-,17-/m1/s1. The molecule has 0 spiro atoms. The Hall–Kier alpha value is -0.860. The van der Waals surface area contributed by atoms with Crippen LogP contribution < -0.4 is 10.6 Å². The van der Waals surface area contributed by atoms with E-state index in [1.807, 2.05) is 0 Å². The lowest BCUT2D eigenvalue weighted by molar-refractivity contribution is -0.916. The topological polar surface area (TPSA) is 32.1 Å². The van der Waals surface area contributed by atoms with E-state index in [9.17, 15) is 0 Å². The first-order valence-corrected chi connectivity index (χ1v) is 7.73. The van der Waals surface area contributed by atoms with E-state index in [-0.39, 0.29) is 0 Å². The number of hydrogen-bond acceptors (Lipinski definition) is 0. The van der Waals surface area contributed by atoms with Gasteiger partial charge in [-0.05, 0) is 24.3 Å². The molecule has 4 N–H and O–H groups in total. The van der Waals surface area contributed by atoms with Crippen molar-refractivity contribution in [1.82, 2.24) is 0 Å². The monoisotopic (exact) mass is 262 g/mol. The molecule has 0 aromatic heterocycles. The third-order valence-corrected chi connectivity index (χ3v) is 5.30. The molecule has 1 unspecified atom stereocenters. The minimum absolute atomic E-state index is 0.460. The molecule has 19 heavy (non-hydrogen) atoms. The molecule has 0 saturated carbocycles. The van der Waals surface area contributed by atoms with Crippen molar-refractivity contribution in [3.63, 3.8) is 0 Å². The highest BCUT2D eigenvalue weighted by atomic mass is 15.1. The van der Waals surface area contributed by atoms with Gasteiger partial charge in [-0.2, -0.15) is 0 Å². The minimum atomic E-state index is 0.460. The van der Waals surface area contributed by atoms with Crippen molar-refractivity contribution in [2.24, 2.45) is 11.3 Å². The molecule has 0 amide bonds. The zero-order valence-electron chi connectivity index (χ0n) is 12.8. The lowest BCUT2D eigenvalue weighted by Gasteiger charge is -2.46. The first-order chi connectivity index (χ1) is 9.07. The van der Waals surface area contributed by atoms with Crippen LogP contribution in [-0.4, -0.2) is 26.2 Å². The Morgan fingerprint density at radius 2 is 1.95 bits per heavy atom. The fraction of sp³-hybridized carbons (Fsp3) is 0.647. The van der Waals surface area contributed by atoms with Crippen LogP contribution >= 0.6 is 0 Å². The molecule has 4 atom stereocenters. The van der Waals surface area contributed by atoms with Gasteiger partial charge in [0, 0.05) is 18.8 Å². The lowest BCUT2D eigenvalue weighted by Crippen LogP contribution is -3.15. The molecule has 1 aromatic rings. The second kappa shape index (κ2) is 6.06. The van der Waals surface area contributed by atoms with Gasteiger partial charge in [0.15, 0.2) is 0 Å². The van der Waals surface area contributed by atoms with Crippen LogP contribution in [0, 0.1) is 11.3 Å². The SMILES string of the molecule is C[C@@H]1C[C@](CC[NH3+])(Cc2ccccc2)[C@H](C)C[NH+]1C. The maximum Gasteiger partial charge on any atom is 0.0849 e. The van der Waals surface area contributed by atoms with Crippen LogP contribution in [-0.2, 0) is 6.42 Å². The van der Waals surface area contributed by atoms with Crippen molar-refractivity contribution in [1.29, 1.82) is 0 Å². The van der Waals surface area contributed by atoms with E-state index >= 15 is 0 Å². The summed E-state index contributed by atoms with van der Waals surface area (Å²) in [5.74, 6) is 0.783. The molecule has 1 aromatic carbocycles. The van der Waals surface area contributed by atoms with Gasteiger partial charge in [0.2, 0.25) is 0 Å². The number of nitrogens with one attached hydrogen (secondary N) is 1. The smallest absolute Gasteiger partial charge is 0.0849 e. The van der Waals surface area contributed by atoms with Crippen LogP contribution in [0.1, 0.15) is 32.3 Å². The first-order valence-electron chi connectivity index (χ1n) is 7.73. The van der Waals surface area contributed by atoms with Gasteiger partial charge in [-0.3, -0.25) is 0 Å². The van der Waals surface area contributed by atoms with Crippen LogP contribution in [0.15, 0.2) is 30.3 Å². The molecule has 1 fully saturated rings. The molecule has 1 aliphatic heterocycles. The highest BCUT2D eigenvalue weighted by Crippen LogP contribution is 2.40. The fourth-order valence-corrected chi connectivity index (χ4v) is 3.92. The van der Waals surface area contributed by atoms with Crippen LogP contribution in [0.4, 0.5) is 0 Å². The van der Waals surface area contributed by atoms with Crippen LogP contribution in [0.5, 0.6) is 0 Å². The van der Waals surface area contributed by atoms with E-state index < -0.39 is 0 Å². The largest absolute Gasteiger partial charge is 0.358 e. The van der Waals surface area contributed by atoms with E-state index in [4.69, 9.17) is 0 Å². The normalized spacial score (nSPS) is 35.3. The molecule has 1 aliphatic rings. The molecular formula is C17H30N2+2. The summed E-state index contributed by atoms with van der Waals surface area (Å²) in [6.07, 6.45) is 3.83. The predicted molar refractivity (Wildman–Crippen MR) is 79.9 cm³/mol. The fourth-order valence-electron chi connectivity index (χ4n) is 3.92. The quantitative estimate of drug-likeness (QED) is 0.804. The molecule has 1 heterocycles. The van der Waals surface area contributed by atoms with Gasteiger partial charge in [0.05, 0.1) is 26.2 Å². The van der Waals surface area contributed by atoms with Crippen molar-refractivity contribution in [2.45, 2.75) is 39.2 Å². The minimum Gasteiger partial charge on any atom is -0.358 e. The number of hydrogen-bond donors (Lipinski definition) is 2. The van der Waals surface area contributed by atoms with Crippen molar-refractivity contribution in [3.8, 4) is 0 Å². The van der Waals surface area contributed by atoms with E-state index in [1.54, 1.807) is 4.90 Å². The molecule has 0 bridgehead atoms. The van der Waals surface area contributed by atoms with Gasteiger partial charge in [-0.1, -0.05) is 37.3 Å². The van der Waals surface area contributed by atoms with E-state index in [0.29, 0.717) is 5.41 Å². The Kier molecular flexibility index (Phi) is 4.64. The van der Waals surface area contributed by atoms with Gasteiger partial charge in [0.25, 0.3) is 0 Å². The van der Waals surface area contributed by atoms with Crippen molar-refractivity contribution >= 4 is 0 Å². The predicted octanol–water partition coefficient (Wildman–Crippen LogP) is 0.791. The average Bonchev–Trinajstić information content (AvgIpc) is 2.38. The Morgan fingerprint density at radius 3 is 2.58 bits per heavy atom. The highest BCUT2D eigenvalue weighted by Gasteiger charge is 2.44. The summed E-state index contributed by atoms with van der Waals surface area (Å²) in [4.78, 5) is 1.69. The van der Waals surface area contributed by atoms with Gasteiger partial charge in [-0.15, -0.1) is 0 Å². The second-order valence-electron chi connectivity index (χ2n) is 6.68. The van der Waals surface area contributed by atoms with Crippen molar-refractivity contribution in [2.75, 3.05) is 20.1 Å². The molecular weight excluding hydrogens is 232 g/mol. The van der Waals surface area contributed by atoms with Crippen LogP contribution in [0.2, 0.25) is 0 Å². The van der Waals surface area contributed by atoms with Crippen molar-refractivity contribution in [3.05, 3.63) is 35.9 Å². The molecule has 0 aliphatic carbocycles. The third kappa shape index (κ3) is 3.18. The molecule has 106 valence electrons. The summed E-state index contributed by atoms with van der Waals surface area (Å²) in [6, 6.07) is 11.8. The lowest BCUT2D eigenvalue weighted by atomic mass is 9.64. The Balaban J connectivity index is 2.21. The summed E-state index contributed by atoms with van der Waals surface area (Å²) >= 11 is 0. The Morgan fingerprint density at radius 1 is 1.26 bits per heavy atom. The molecule has 1 saturated heterocycles. The summed E-state index contributed by atoms with van der Waals surface area (Å²) in [5.41, 5.74) is 6.09. The average molecular weight is 262 g/mol. The zero-order valence-corrected chi connectivity index (χ0v) is 12.8. The number of likely N-dealkylation sites (tertiary alicyclic amines) is 1. The molecule has 2 nitrogen and oxygen atoms in total. The zero-order chi connectivity index (χ0) is 13.9. The molecule has 0 radical (unpaired) electrons. The third-order valence-electron chi connectivity index (χ3n) is 5.30. The maximum atomic E-state index is 4.14. The van der Waals surface area contributed by atoms with Gasteiger partial charge >= 0.3 is 0 Å². The molecule has 2 heteroatoms. The number of rotatable bonds is 4. The maximum absolute atomic E-state index is 4.14.